The summed E-state index contributed by atoms with van der Waals surface area (Å²) >= 11 is 0. The number of benzene rings is 2. The maximum absolute atomic E-state index is 12.6. The molecule has 1 saturated heterocycles. The van der Waals surface area contributed by atoms with Gasteiger partial charge in [0.15, 0.2) is 0 Å². The molecule has 1 fully saturated rings. The van der Waals surface area contributed by atoms with Crippen molar-refractivity contribution in [2.45, 2.75) is 12.8 Å². The van der Waals surface area contributed by atoms with Gasteiger partial charge in [0.05, 0.1) is 14.2 Å². The van der Waals surface area contributed by atoms with E-state index in [0.29, 0.717) is 50.5 Å². The fraction of sp³-hybridized carbons (Fsp3) is 0.348. The van der Waals surface area contributed by atoms with Crippen molar-refractivity contribution < 1.29 is 22.7 Å². The first-order valence-corrected chi connectivity index (χ1v) is 11.6. The van der Waals surface area contributed by atoms with Crippen LogP contribution in [0.25, 0.3) is 6.08 Å². The molecular weight excluding hydrogens is 416 g/mol. The molecule has 0 saturated carbocycles. The second kappa shape index (κ2) is 10.5. The lowest BCUT2D eigenvalue weighted by atomic mass is 10.1. The van der Waals surface area contributed by atoms with E-state index in [1.54, 1.807) is 31.3 Å². The van der Waals surface area contributed by atoms with Gasteiger partial charge < -0.3 is 14.4 Å². The zero-order valence-electron chi connectivity index (χ0n) is 17.9. The lowest BCUT2D eigenvalue weighted by molar-refractivity contribution is -0.132. The minimum Gasteiger partial charge on any atom is -0.497 e. The smallest absolute Gasteiger partial charge is 0.236 e. The zero-order valence-corrected chi connectivity index (χ0v) is 18.7. The van der Waals surface area contributed by atoms with Crippen LogP contribution in [0.1, 0.15) is 17.5 Å². The Morgan fingerprint density at radius 3 is 2.16 bits per heavy atom. The summed E-state index contributed by atoms with van der Waals surface area (Å²) in [5.74, 6) is 1.38. The van der Waals surface area contributed by atoms with Gasteiger partial charge in [-0.15, -0.1) is 0 Å². The lowest BCUT2D eigenvalue weighted by Crippen LogP contribution is -2.50. The van der Waals surface area contributed by atoms with Crippen molar-refractivity contribution in [3.63, 3.8) is 0 Å². The maximum atomic E-state index is 12.6. The monoisotopic (exact) mass is 444 g/mol. The van der Waals surface area contributed by atoms with E-state index in [1.807, 2.05) is 42.5 Å². The first kappa shape index (κ1) is 22.8. The summed E-state index contributed by atoms with van der Waals surface area (Å²) in [5, 5.41) is 1.23. The molecule has 0 unspecified atom stereocenters. The van der Waals surface area contributed by atoms with Crippen molar-refractivity contribution in [2.24, 2.45) is 0 Å². The van der Waals surface area contributed by atoms with E-state index >= 15 is 0 Å². The average Bonchev–Trinajstić information content (AvgIpc) is 2.81. The van der Waals surface area contributed by atoms with Gasteiger partial charge in [-0.05, 0) is 35.8 Å². The third-order valence-corrected chi connectivity index (χ3v) is 6.79. The molecular formula is C23H28N2O5S. The number of hydrogen-bond acceptors (Lipinski definition) is 5. The molecule has 2 aromatic rings. The number of amides is 1. The molecule has 0 aromatic heterocycles. The van der Waals surface area contributed by atoms with Crippen LogP contribution in [0.15, 0.2) is 53.9 Å². The Morgan fingerprint density at radius 2 is 1.58 bits per heavy atom. The molecule has 0 atom stereocenters. The third kappa shape index (κ3) is 6.32. The summed E-state index contributed by atoms with van der Waals surface area (Å²) in [6, 6.07) is 14.9. The number of hydrogen-bond donors (Lipinski definition) is 0. The summed E-state index contributed by atoms with van der Waals surface area (Å²) in [4.78, 5) is 14.4. The average molecular weight is 445 g/mol. The van der Waals surface area contributed by atoms with Crippen LogP contribution < -0.4 is 9.47 Å². The van der Waals surface area contributed by atoms with Crippen molar-refractivity contribution in [3.05, 3.63) is 65.1 Å². The summed E-state index contributed by atoms with van der Waals surface area (Å²) in [5.41, 5.74) is 1.78. The number of aryl methyl sites for hydroxylation is 1. The Hall–Kier alpha value is -2.84. The van der Waals surface area contributed by atoms with Gasteiger partial charge in [-0.2, -0.15) is 4.31 Å². The highest BCUT2D eigenvalue weighted by molar-refractivity contribution is 7.92. The van der Waals surface area contributed by atoms with Crippen LogP contribution in [0.3, 0.4) is 0 Å². The topological polar surface area (TPSA) is 76.2 Å². The predicted molar refractivity (Wildman–Crippen MR) is 120 cm³/mol. The van der Waals surface area contributed by atoms with Crippen molar-refractivity contribution in [2.75, 3.05) is 40.4 Å². The van der Waals surface area contributed by atoms with E-state index in [4.69, 9.17) is 9.47 Å². The molecule has 0 aliphatic carbocycles. The summed E-state index contributed by atoms with van der Waals surface area (Å²) < 4.78 is 37.1. The lowest BCUT2D eigenvalue weighted by Gasteiger charge is -2.33. The van der Waals surface area contributed by atoms with E-state index < -0.39 is 10.0 Å². The van der Waals surface area contributed by atoms with Crippen LogP contribution in [0.5, 0.6) is 11.5 Å². The second-order valence-electron chi connectivity index (χ2n) is 7.26. The molecule has 7 nitrogen and oxygen atoms in total. The Kier molecular flexibility index (Phi) is 7.70. The molecule has 2 aromatic carbocycles. The van der Waals surface area contributed by atoms with Crippen LogP contribution in [0, 0.1) is 0 Å². The molecule has 1 aliphatic rings. The Morgan fingerprint density at radius 1 is 0.968 bits per heavy atom. The minimum absolute atomic E-state index is 0.0127. The fourth-order valence-corrected chi connectivity index (χ4v) is 4.60. The molecule has 1 amide bonds. The van der Waals surface area contributed by atoms with E-state index in [0.717, 1.165) is 11.1 Å². The van der Waals surface area contributed by atoms with Crippen LogP contribution in [-0.2, 0) is 21.2 Å². The normalized spacial score (nSPS) is 15.2. The third-order valence-electron chi connectivity index (χ3n) is 5.22. The van der Waals surface area contributed by atoms with Crippen LogP contribution in [-0.4, -0.2) is 63.9 Å². The maximum Gasteiger partial charge on any atom is 0.236 e. The Balaban J connectivity index is 1.52. The van der Waals surface area contributed by atoms with E-state index in [-0.39, 0.29) is 5.91 Å². The van der Waals surface area contributed by atoms with Gasteiger partial charge in [0, 0.05) is 44.1 Å². The highest BCUT2D eigenvalue weighted by Crippen LogP contribution is 2.23. The van der Waals surface area contributed by atoms with Gasteiger partial charge in [0.25, 0.3) is 0 Å². The van der Waals surface area contributed by atoms with Crippen LogP contribution in [0.4, 0.5) is 0 Å². The van der Waals surface area contributed by atoms with Gasteiger partial charge in [0.2, 0.25) is 15.9 Å². The number of nitrogens with zero attached hydrogens (tertiary/aromatic N) is 2. The van der Waals surface area contributed by atoms with Crippen molar-refractivity contribution in [1.82, 2.24) is 9.21 Å². The van der Waals surface area contributed by atoms with Gasteiger partial charge in [-0.1, -0.05) is 30.3 Å². The highest BCUT2D eigenvalue weighted by Gasteiger charge is 2.27. The van der Waals surface area contributed by atoms with Gasteiger partial charge in [0.1, 0.15) is 11.5 Å². The molecule has 0 N–H and O–H groups in total. The number of piperazine rings is 1. The van der Waals surface area contributed by atoms with Crippen molar-refractivity contribution in [1.29, 1.82) is 0 Å². The molecule has 0 bridgehead atoms. The molecule has 0 radical (unpaired) electrons. The molecule has 0 spiro atoms. The first-order chi connectivity index (χ1) is 14.9. The van der Waals surface area contributed by atoms with E-state index in [2.05, 4.69) is 0 Å². The number of methoxy groups -OCH3 is 2. The summed E-state index contributed by atoms with van der Waals surface area (Å²) in [7, 11) is -0.335. The van der Waals surface area contributed by atoms with Gasteiger partial charge in [-0.25, -0.2) is 8.42 Å². The van der Waals surface area contributed by atoms with Crippen molar-refractivity contribution >= 4 is 22.0 Å². The van der Waals surface area contributed by atoms with Crippen LogP contribution in [0.2, 0.25) is 0 Å². The fourth-order valence-electron chi connectivity index (χ4n) is 3.43. The second-order valence-corrected chi connectivity index (χ2v) is 9.08. The number of sulfonamides is 1. The standard InChI is InChI=1S/C23H28N2O5S/c1-29-21-16-20(17-22(18-21)30-2)8-9-23(26)24-11-13-25(14-12-24)31(27,28)15-10-19-6-4-3-5-7-19/h3-7,10,15-18H,8-9,11-14H2,1-2H3/b15-10+. The van der Waals surface area contributed by atoms with Gasteiger partial charge in [-0.3, -0.25) is 4.79 Å². The predicted octanol–water partition coefficient (Wildman–Crippen LogP) is 2.78. The van der Waals surface area contributed by atoms with Crippen LogP contribution >= 0.6 is 0 Å². The molecule has 1 aliphatic heterocycles. The van der Waals surface area contributed by atoms with Gasteiger partial charge >= 0.3 is 0 Å². The highest BCUT2D eigenvalue weighted by atomic mass is 32.2. The van der Waals surface area contributed by atoms with E-state index in [9.17, 15) is 13.2 Å². The minimum atomic E-state index is -3.51. The SMILES string of the molecule is COc1cc(CCC(=O)N2CCN(S(=O)(=O)/C=C/c3ccccc3)CC2)cc(OC)c1. The number of carbonyl (C=O) groups excluding carboxylic acids is 1. The zero-order chi connectivity index (χ0) is 22.3. The molecule has 31 heavy (non-hydrogen) atoms. The number of rotatable bonds is 8. The quantitative estimate of drug-likeness (QED) is 0.626. The molecule has 3 rings (SSSR count). The van der Waals surface area contributed by atoms with E-state index in [1.165, 1.54) is 9.71 Å². The Labute approximate surface area is 183 Å². The number of ether oxygens (including phenoxy) is 2. The van der Waals surface area contributed by atoms with Crippen molar-refractivity contribution in [3.8, 4) is 11.5 Å². The summed E-state index contributed by atoms with van der Waals surface area (Å²) in [6.45, 7) is 1.36. The number of carbonyl (C=O) groups is 1. The summed E-state index contributed by atoms with van der Waals surface area (Å²) in [6.07, 6.45) is 2.50. The molecule has 1 heterocycles. The largest absolute Gasteiger partial charge is 0.497 e. The first-order valence-electron chi connectivity index (χ1n) is 10.1. The Bertz CT molecular complexity index is 991. The molecule has 166 valence electrons. The molecule has 8 heteroatoms.